The Hall–Kier alpha value is -5.54. The lowest BCUT2D eigenvalue weighted by molar-refractivity contribution is 0.102. The number of hydrogen-bond donors (Lipinski definition) is 1. The zero-order valence-corrected chi connectivity index (χ0v) is 27.7. The second kappa shape index (κ2) is 15.3. The molecule has 3 aromatic carbocycles. The third-order valence-electron chi connectivity index (χ3n) is 8.03. The van der Waals surface area contributed by atoms with E-state index in [1.54, 1.807) is 43.2 Å². The summed E-state index contributed by atoms with van der Waals surface area (Å²) < 4.78 is 65.2. The van der Waals surface area contributed by atoms with Gasteiger partial charge in [0.15, 0.2) is 23.0 Å². The van der Waals surface area contributed by atoms with Gasteiger partial charge in [-0.3, -0.25) is 14.3 Å². The predicted octanol–water partition coefficient (Wildman–Crippen LogP) is 5.30. The van der Waals surface area contributed by atoms with Gasteiger partial charge in [0.1, 0.15) is 42.4 Å². The summed E-state index contributed by atoms with van der Waals surface area (Å²) in [4.78, 5) is 36.0. The summed E-state index contributed by atoms with van der Waals surface area (Å²) in [5.41, 5.74) is 0.128. The van der Waals surface area contributed by atoms with E-state index in [0.29, 0.717) is 73.0 Å². The Morgan fingerprint density at radius 2 is 1.62 bits per heavy atom. The van der Waals surface area contributed by atoms with Crippen molar-refractivity contribution in [3.8, 4) is 34.6 Å². The molecule has 1 aliphatic rings. The maximum Gasteiger partial charge on any atom is 0.284 e. The number of anilines is 1. The maximum atomic E-state index is 14.8. The number of nitrogens with one attached hydrogen (secondary N) is 1. The molecule has 0 spiro atoms. The number of halogens is 2. The largest absolute Gasteiger partial charge is 0.493 e. The average molecular weight is 692 g/mol. The predicted molar refractivity (Wildman–Crippen MR) is 178 cm³/mol. The highest BCUT2D eigenvalue weighted by atomic mass is 19.1. The summed E-state index contributed by atoms with van der Waals surface area (Å²) in [6.45, 7) is 1.68. The number of carbonyl (C=O) groups excluding carboxylic acids is 1. The first-order valence-corrected chi connectivity index (χ1v) is 15.8. The first kappa shape index (κ1) is 34.3. The van der Waals surface area contributed by atoms with Gasteiger partial charge in [-0.15, -0.1) is 0 Å². The fraction of sp³-hybridized carbons (Fsp3) is 0.314. The lowest BCUT2D eigenvalue weighted by Crippen LogP contribution is -2.26. The van der Waals surface area contributed by atoms with Crippen molar-refractivity contribution in [3.05, 3.63) is 88.1 Å². The summed E-state index contributed by atoms with van der Waals surface area (Å²) in [7, 11) is 4.59. The standard InChI is InChI=1S/C35H35F2N5O8/c1-45-12-14-48-30-18-23-25(19-31(30)49-15-13-46-2)38-20-39-34(23)50-28-10-8-22(17-29(28)47-3)40-33(43)32-26-6-4-5-11-41(26)42(35(32)44)27-16-21(36)7-9-24(27)37/h7-10,16-20H,4-6,11-15H2,1-3H3,(H,40,43). The third-order valence-corrected chi connectivity index (χ3v) is 8.03. The molecule has 0 aliphatic carbocycles. The van der Waals surface area contributed by atoms with E-state index in [9.17, 15) is 18.4 Å². The summed E-state index contributed by atoms with van der Waals surface area (Å²) in [6, 6.07) is 11.0. The molecule has 0 saturated carbocycles. The minimum Gasteiger partial charge on any atom is -0.493 e. The molecule has 13 nitrogen and oxygen atoms in total. The number of carbonyl (C=O) groups is 1. The van der Waals surface area contributed by atoms with Crippen LogP contribution in [0.25, 0.3) is 16.6 Å². The van der Waals surface area contributed by atoms with Crippen LogP contribution in [0.5, 0.6) is 28.9 Å². The van der Waals surface area contributed by atoms with Gasteiger partial charge in [-0.05, 0) is 49.6 Å². The lowest BCUT2D eigenvalue weighted by atomic mass is 10.1. The average Bonchev–Trinajstić information content (AvgIpc) is 3.41. The molecule has 0 atom stereocenters. The molecular formula is C35H35F2N5O8. The Bertz CT molecular complexity index is 2080. The van der Waals surface area contributed by atoms with Crippen LogP contribution < -0.4 is 29.8 Å². The van der Waals surface area contributed by atoms with E-state index in [-0.39, 0.29) is 35.2 Å². The Morgan fingerprint density at radius 3 is 2.36 bits per heavy atom. The molecule has 1 aliphatic heterocycles. The zero-order chi connectivity index (χ0) is 35.2. The quantitative estimate of drug-likeness (QED) is 0.153. The van der Waals surface area contributed by atoms with E-state index < -0.39 is 23.1 Å². The van der Waals surface area contributed by atoms with Crippen molar-refractivity contribution in [2.45, 2.75) is 25.8 Å². The van der Waals surface area contributed by atoms with Crippen molar-refractivity contribution < 1.29 is 42.0 Å². The van der Waals surface area contributed by atoms with Crippen LogP contribution in [0.2, 0.25) is 0 Å². The van der Waals surface area contributed by atoms with E-state index in [1.165, 1.54) is 19.5 Å². The number of fused-ring (bicyclic) bond motifs is 2. The van der Waals surface area contributed by atoms with Crippen molar-refractivity contribution in [1.82, 2.24) is 19.3 Å². The Morgan fingerprint density at radius 1 is 0.860 bits per heavy atom. The second-order valence-corrected chi connectivity index (χ2v) is 11.2. The minimum absolute atomic E-state index is 0.144. The lowest BCUT2D eigenvalue weighted by Gasteiger charge is -2.19. The van der Waals surface area contributed by atoms with Crippen LogP contribution in [0.3, 0.4) is 0 Å². The highest BCUT2D eigenvalue weighted by molar-refractivity contribution is 6.05. The monoisotopic (exact) mass is 691 g/mol. The number of rotatable bonds is 14. The molecular weight excluding hydrogens is 656 g/mol. The number of amides is 1. The number of hydrogen-bond acceptors (Lipinski definition) is 10. The van der Waals surface area contributed by atoms with Gasteiger partial charge in [0, 0.05) is 44.7 Å². The molecule has 6 rings (SSSR count). The van der Waals surface area contributed by atoms with Gasteiger partial charge in [0.25, 0.3) is 11.5 Å². The van der Waals surface area contributed by atoms with Crippen molar-refractivity contribution in [2.24, 2.45) is 0 Å². The smallest absolute Gasteiger partial charge is 0.284 e. The molecule has 0 saturated heterocycles. The topological polar surface area (TPSA) is 137 Å². The van der Waals surface area contributed by atoms with E-state index in [4.69, 9.17) is 28.4 Å². The summed E-state index contributed by atoms with van der Waals surface area (Å²) >= 11 is 0. The molecule has 15 heteroatoms. The third kappa shape index (κ3) is 7.09. The number of methoxy groups -OCH3 is 3. The van der Waals surface area contributed by atoms with Gasteiger partial charge in [0.05, 0.1) is 36.9 Å². The second-order valence-electron chi connectivity index (χ2n) is 11.2. The molecule has 3 heterocycles. The molecule has 1 amide bonds. The van der Waals surface area contributed by atoms with E-state index in [1.807, 2.05) is 0 Å². The van der Waals surface area contributed by atoms with Crippen LogP contribution in [-0.2, 0) is 22.4 Å². The number of aromatic nitrogens is 4. The molecule has 2 aromatic heterocycles. The van der Waals surface area contributed by atoms with Gasteiger partial charge in [-0.25, -0.2) is 23.4 Å². The van der Waals surface area contributed by atoms with Crippen LogP contribution in [0, 0.1) is 11.6 Å². The van der Waals surface area contributed by atoms with Crippen molar-refractivity contribution >= 4 is 22.5 Å². The van der Waals surface area contributed by atoms with Crippen molar-refractivity contribution in [3.63, 3.8) is 0 Å². The molecule has 0 unspecified atom stereocenters. The normalized spacial score (nSPS) is 12.4. The van der Waals surface area contributed by atoms with Gasteiger partial charge in [-0.2, -0.15) is 0 Å². The van der Waals surface area contributed by atoms with Gasteiger partial charge < -0.3 is 33.7 Å². The Labute approximate surface area is 285 Å². The highest BCUT2D eigenvalue weighted by Gasteiger charge is 2.29. The zero-order valence-electron chi connectivity index (χ0n) is 27.7. The highest BCUT2D eigenvalue weighted by Crippen LogP contribution is 2.39. The number of ether oxygens (including phenoxy) is 6. The molecule has 50 heavy (non-hydrogen) atoms. The minimum atomic E-state index is -0.784. The number of benzene rings is 3. The molecule has 0 fully saturated rings. The summed E-state index contributed by atoms with van der Waals surface area (Å²) in [5, 5.41) is 3.28. The van der Waals surface area contributed by atoms with Crippen molar-refractivity contribution in [1.29, 1.82) is 0 Å². The SMILES string of the molecule is COCCOc1cc2ncnc(Oc3ccc(NC(=O)c4c5n(n(-c6cc(F)ccc6F)c4=O)CCCC5)cc3OC)c2cc1OCCOC. The van der Waals surface area contributed by atoms with Crippen LogP contribution in [0.4, 0.5) is 14.5 Å². The number of nitrogens with zero attached hydrogens (tertiary/aromatic N) is 4. The van der Waals surface area contributed by atoms with Crippen LogP contribution in [0.1, 0.15) is 28.9 Å². The van der Waals surface area contributed by atoms with E-state index >= 15 is 0 Å². The molecule has 0 bridgehead atoms. The van der Waals surface area contributed by atoms with Crippen LogP contribution in [-0.4, -0.2) is 73.0 Å². The van der Waals surface area contributed by atoms with Crippen molar-refractivity contribution in [2.75, 3.05) is 53.1 Å². The van der Waals surface area contributed by atoms with Crippen LogP contribution >= 0.6 is 0 Å². The van der Waals surface area contributed by atoms with Gasteiger partial charge in [0.2, 0.25) is 5.88 Å². The molecule has 262 valence electrons. The van der Waals surface area contributed by atoms with Gasteiger partial charge in [-0.1, -0.05) is 0 Å². The molecule has 5 aromatic rings. The fourth-order valence-corrected chi connectivity index (χ4v) is 5.69. The van der Waals surface area contributed by atoms with Gasteiger partial charge >= 0.3 is 0 Å². The fourth-order valence-electron chi connectivity index (χ4n) is 5.69. The van der Waals surface area contributed by atoms with E-state index in [0.717, 1.165) is 29.3 Å². The first-order chi connectivity index (χ1) is 24.3. The maximum absolute atomic E-state index is 14.8. The molecule has 0 radical (unpaired) electrons. The first-order valence-electron chi connectivity index (χ1n) is 15.8. The summed E-state index contributed by atoms with van der Waals surface area (Å²) in [5.74, 6) is -0.556. The summed E-state index contributed by atoms with van der Waals surface area (Å²) in [6.07, 6.45) is 3.22. The Balaban J connectivity index is 1.28. The van der Waals surface area contributed by atoms with Crippen LogP contribution in [0.15, 0.2) is 59.7 Å². The Kier molecular flexibility index (Phi) is 10.5. The molecule has 1 N–H and O–H groups in total. The van der Waals surface area contributed by atoms with E-state index in [2.05, 4.69) is 15.3 Å².